The van der Waals surface area contributed by atoms with Crippen molar-refractivity contribution in [1.29, 1.82) is 0 Å². The Hall–Kier alpha value is -3.18. The number of rotatable bonds is 4. The van der Waals surface area contributed by atoms with Crippen molar-refractivity contribution in [2.24, 2.45) is 4.99 Å². The lowest BCUT2D eigenvalue weighted by atomic mass is 10.2. The van der Waals surface area contributed by atoms with Crippen LogP contribution in [0.3, 0.4) is 0 Å². The molecule has 4 rings (SSSR count). The minimum absolute atomic E-state index is 0.0321. The van der Waals surface area contributed by atoms with Crippen molar-refractivity contribution in [1.82, 2.24) is 9.88 Å². The SMILES string of the molecule is O=C1/C(=C\c2ccccc2)SC(=Nc2ccccc2)N1Cc1ccncc1. The molecule has 1 aliphatic rings. The van der Waals surface area contributed by atoms with Gasteiger partial charge in [0.05, 0.1) is 17.1 Å². The first-order valence-corrected chi connectivity index (χ1v) is 9.40. The zero-order valence-corrected chi connectivity index (χ0v) is 15.3. The Kier molecular flexibility index (Phi) is 5.12. The van der Waals surface area contributed by atoms with Crippen molar-refractivity contribution in [3.63, 3.8) is 0 Å². The quantitative estimate of drug-likeness (QED) is 0.614. The first kappa shape index (κ1) is 17.2. The molecule has 1 aliphatic heterocycles. The Bertz CT molecular complexity index is 986. The van der Waals surface area contributed by atoms with Crippen LogP contribution >= 0.6 is 11.8 Å². The number of amidine groups is 1. The number of pyridine rings is 1. The molecule has 1 amide bonds. The number of hydrogen-bond acceptors (Lipinski definition) is 4. The normalized spacial score (nSPS) is 17.0. The van der Waals surface area contributed by atoms with E-state index in [1.807, 2.05) is 78.9 Å². The van der Waals surface area contributed by atoms with E-state index in [-0.39, 0.29) is 5.91 Å². The van der Waals surface area contributed by atoms with Gasteiger partial charge in [0.1, 0.15) is 0 Å². The summed E-state index contributed by atoms with van der Waals surface area (Å²) in [6.45, 7) is 0.464. The van der Waals surface area contributed by atoms with Gasteiger partial charge in [-0.3, -0.25) is 14.7 Å². The van der Waals surface area contributed by atoms with Crippen LogP contribution in [-0.4, -0.2) is 21.0 Å². The molecule has 0 radical (unpaired) electrons. The van der Waals surface area contributed by atoms with Gasteiger partial charge in [-0.1, -0.05) is 48.5 Å². The van der Waals surface area contributed by atoms with Crippen LogP contribution in [-0.2, 0) is 11.3 Å². The van der Waals surface area contributed by atoms with Gasteiger partial charge in [0.15, 0.2) is 5.17 Å². The van der Waals surface area contributed by atoms with Crippen molar-refractivity contribution in [3.8, 4) is 0 Å². The molecule has 0 saturated carbocycles. The highest BCUT2D eigenvalue weighted by Gasteiger charge is 2.33. The Balaban J connectivity index is 1.69. The summed E-state index contributed by atoms with van der Waals surface area (Å²) in [5, 5.41) is 0.685. The highest BCUT2D eigenvalue weighted by Crippen LogP contribution is 2.35. The molecule has 27 heavy (non-hydrogen) atoms. The van der Waals surface area contributed by atoms with E-state index >= 15 is 0 Å². The molecular formula is C22H17N3OS. The minimum Gasteiger partial charge on any atom is -0.282 e. The van der Waals surface area contributed by atoms with Crippen LogP contribution < -0.4 is 0 Å². The second-order valence-electron chi connectivity index (χ2n) is 6.00. The van der Waals surface area contributed by atoms with Gasteiger partial charge in [0.25, 0.3) is 5.91 Å². The van der Waals surface area contributed by atoms with Crippen LogP contribution in [0.2, 0.25) is 0 Å². The highest BCUT2D eigenvalue weighted by molar-refractivity contribution is 8.18. The lowest BCUT2D eigenvalue weighted by Gasteiger charge is -2.15. The topological polar surface area (TPSA) is 45.6 Å². The van der Waals surface area contributed by atoms with E-state index in [2.05, 4.69) is 4.98 Å². The number of thioether (sulfide) groups is 1. The predicted molar refractivity (Wildman–Crippen MR) is 110 cm³/mol. The Morgan fingerprint density at radius 1 is 0.926 bits per heavy atom. The summed E-state index contributed by atoms with van der Waals surface area (Å²) in [6, 6.07) is 23.4. The van der Waals surface area contributed by atoms with Crippen molar-refractivity contribution in [2.45, 2.75) is 6.54 Å². The Morgan fingerprint density at radius 3 is 2.30 bits per heavy atom. The number of aliphatic imine (C=N–C) groups is 1. The molecular weight excluding hydrogens is 354 g/mol. The summed E-state index contributed by atoms with van der Waals surface area (Å²) in [7, 11) is 0. The van der Waals surface area contributed by atoms with E-state index < -0.39 is 0 Å². The standard InChI is InChI=1S/C22H17N3OS/c26-21-20(15-17-7-3-1-4-8-17)27-22(24-19-9-5-2-6-10-19)25(21)16-18-11-13-23-14-12-18/h1-15H,16H2/b20-15+,24-22?. The van der Waals surface area contributed by atoms with Gasteiger partial charge in [0, 0.05) is 12.4 Å². The molecule has 0 N–H and O–H groups in total. The Morgan fingerprint density at radius 2 is 1.59 bits per heavy atom. The van der Waals surface area contributed by atoms with Gasteiger partial charge in [-0.2, -0.15) is 0 Å². The molecule has 2 heterocycles. The number of nitrogens with zero attached hydrogens (tertiary/aromatic N) is 3. The first-order chi connectivity index (χ1) is 13.3. The smallest absolute Gasteiger partial charge is 0.267 e. The zero-order valence-electron chi connectivity index (χ0n) is 14.5. The molecule has 0 unspecified atom stereocenters. The van der Waals surface area contributed by atoms with Crippen molar-refractivity contribution in [2.75, 3.05) is 0 Å². The number of carbonyl (C=O) groups is 1. The van der Waals surface area contributed by atoms with Crippen LogP contribution in [0.15, 0.2) is 95.1 Å². The molecule has 1 saturated heterocycles. The molecule has 1 fully saturated rings. The maximum atomic E-state index is 13.1. The van der Waals surface area contributed by atoms with Crippen molar-refractivity contribution < 1.29 is 4.79 Å². The predicted octanol–water partition coefficient (Wildman–Crippen LogP) is 4.89. The van der Waals surface area contributed by atoms with Gasteiger partial charge in [-0.15, -0.1) is 0 Å². The van der Waals surface area contributed by atoms with E-state index in [4.69, 9.17) is 4.99 Å². The average Bonchev–Trinajstić information content (AvgIpc) is 2.99. The maximum absolute atomic E-state index is 13.1. The molecule has 3 aromatic rings. The summed E-state index contributed by atoms with van der Waals surface area (Å²) in [4.78, 5) is 24.2. The van der Waals surface area contributed by atoms with Crippen LogP contribution in [0.5, 0.6) is 0 Å². The molecule has 4 nitrogen and oxygen atoms in total. The number of aromatic nitrogens is 1. The molecule has 0 atom stereocenters. The molecule has 1 aromatic heterocycles. The molecule has 0 bridgehead atoms. The van der Waals surface area contributed by atoms with Crippen molar-refractivity contribution >= 4 is 34.6 Å². The third kappa shape index (κ3) is 4.15. The highest BCUT2D eigenvalue weighted by atomic mass is 32.2. The van der Waals surface area contributed by atoms with Gasteiger partial charge in [-0.25, -0.2) is 4.99 Å². The first-order valence-electron chi connectivity index (χ1n) is 8.59. The summed E-state index contributed by atoms with van der Waals surface area (Å²) < 4.78 is 0. The summed E-state index contributed by atoms with van der Waals surface area (Å²) in [5.41, 5.74) is 2.84. The van der Waals surface area contributed by atoms with Crippen molar-refractivity contribution in [3.05, 3.63) is 101 Å². The molecule has 132 valence electrons. The largest absolute Gasteiger partial charge is 0.282 e. The average molecular weight is 371 g/mol. The summed E-state index contributed by atoms with van der Waals surface area (Å²) >= 11 is 1.41. The lowest BCUT2D eigenvalue weighted by Crippen LogP contribution is -2.28. The van der Waals surface area contributed by atoms with Gasteiger partial charge in [-0.05, 0) is 53.2 Å². The maximum Gasteiger partial charge on any atom is 0.267 e. The van der Waals surface area contributed by atoms with E-state index in [9.17, 15) is 4.79 Å². The van der Waals surface area contributed by atoms with Gasteiger partial charge in [0.2, 0.25) is 0 Å². The third-order valence-corrected chi connectivity index (χ3v) is 5.06. The number of amides is 1. The second-order valence-corrected chi connectivity index (χ2v) is 7.01. The minimum atomic E-state index is -0.0321. The van der Waals surface area contributed by atoms with E-state index in [0.29, 0.717) is 16.6 Å². The van der Waals surface area contributed by atoms with Crippen LogP contribution in [0.4, 0.5) is 5.69 Å². The zero-order chi connectivity index (χ0) is 18.5. The number of para-hydroxylation sites is 1. The summed E-state index contributed by atoms with van der Waals surface area (Å²) in [5.74, 6) is -0.0321. The monoisotopic (exact) mass is 371 g/mol. The fourth-order valence-electron chi connectivity index (χ4n) is 2.72. The van der Waals surface area contributed by atoms with E-state index in [1.165, 1.54) is 11.8 Å². The summed E-state index contributed by atoms with van der Waals surface area (Å²) in [6.07, 6.45) is 5.38. The van der Waals surface area contributed by atoms with Crippen LogP contribution in [0.1, 0.15) is 11.1 Å². The molecule has 2 aromatic carbocycles. The molecule has 0 aliphatic carbocycles. The van der Waals surface area contributed by atoms with E-state index in [1.54, 1.807) is 17.3 Å². The van der Waals surface area contributed by atoms with Gasteiger partial charge < -0.3 is 0 Å². The number of carbonyl (C=O) groups excluding carboxylic acids is 1. The van der Waals surface area contributed by atoms with E-state index in [0.717, 1.165) is 16.8 Å². The second kappa shape index (κ2) is 8.01. The number of benzene rings is 2. The van der Waals surface area contributed by atoms with Crippen LogP contribution in [0, 0.1) is 0 Å². The number of hydrogen-bond donors (Lipinski definition) is 0. The Labute approximate surface area is 162 Å². The fourth-order valence-corrected chi connectivity index (χ4v) is 3.71. The fraction of sp³-hybridized carbons (Fsp3) is 0.0455. The van der Waals surface area contributed by atoms with Gasteiger partial charge >= 0.3 is 0 Å². The van der Waals surface area contributed by atoms with Crippen LogP contribution in [0.25, 0.3) is 6.08 Å². The molecule has 5 heteroatoms. The molecule has 0 spiro atoms. The lowest BCUT2D eigenvalue weighted by molar-refractivity contribution is -0.122. The third-order valence-electron chi connectivity index (χ3n) is 4.06.